The van der Waals surface area contributed by atoms with Gasteiger partial charge in [-0.2, -0.15) is 0 Å². The summed E-state index contributed by atoms with van der Waals surface area (Å²) in [6.07, 6.45) is -2.72. The van der Waals surface area contributed by atoms with Crippen LogP contribution in [0.3, 0.4) is 0 Å². The van der Waals surface area contributed by atoms with Crippen molar-refractivity contribution >= 4 is 11.6 Å². The maximum Gasteiger partial charge on any atom is 0.257 e. The highest BCUT2D eigenvalue weighted by molar-refractivity contribution is 6.30. The Bertz CT molecular complexity index is 283. The van der Waals surface area contributed by atoms with Gasteiger partial charge in [-0.05, 0) is 23.8 Å². The Balaban J connectivity index is 3.01. The molecule has 1 atom stereocenters. The summed E-state index contributed by atoms with van der Waals surface area (Å²) in [7, 11) is 0. The fourth-order valence-electron chi connectivity index (χ4n) is 0.913. The predicted molar refractivity (Wildman–Crippen MR) is 44.3 cm³/mol. The summed E-state index contributed by atoms with van der Waals surface area (Å²) in [5, 5.41) is 0.0612. The van der Waals surface area contributed by atoms with E-state index in [-0.39, 0.29) is 10.6 Å². The van der Waals surface area contributed by atoms with Crippen molar-refractivity contribution < 1.29 is 13.2 Å². The van der Waals surface area contributed by atoms with Gasteiger partial charge in [0.05, 0.1) is 6.04 Å². The summed E-state index contributed by atoms with van der Waals surface area (Å²) < 4.78 is 36.8. The third-order valence-corrected chi connectivity index (χ3v) is 1.76. The first-order valence-corrected chi connectivity index (χ1v) is 3.88. The van der Waals surface area contributed by atoms with E-state index in [1.54, 1.807) is 0 Å². The average molecular weight is 210 g/mol. The monoisotopic (exact) mass is 209 g/mol. The van der Waals surface area contributed by atoms with Crippen LogP contribution in [0.15, 0.2) is 18.2 Å². The van der Waals surface area contributed by atoms with Crippen molar-refractivity contribution in [3.05, 3.63) is 34.6 Å². The zero-order valence-electron chi connectivity index (χ0n) is 6.48. The summed E-state index contributed by atoms with van der Waals surface area (Å²) in [6.45, 7) is 0. The highest BCUT2D eigenvalue weighted by atomic mass is 35.5. The molecule has 0 aliphatic heterocycles. The molecule has 0 aromatic heterocycles. The fraction of sp³-hybridized carbons (Fsp3) is 0.250. The number of nitrogens with two attached hydrogens (primary N) is 1. The topological polar surface area (TPSA) is 26.0 Å². The smallest absolute Gasteiger partial charge is 0.257 e. The van der Waals surface area contributed by atoms with Crippen LogP contribution in [0, 0.1) is 5.82 Å². The van der Waals surface area contributed by atoms with E-state index < -0.39 is 18.3 Å². The minimum Gasteiger partial charge on any atom is -0.319 e. The summed E-state index contributed by atoms with van der Waals surface area (Å²) in [4.78, 5) is 0. The molecule has 1 aromatic carbocycles. The van der Waals surface area contributed by atoms with Crippen molar-refractivity contribution in [2.24, 2.45) is 5.73 Å². The van der Waals surface area contributed by atoms with Gasteiger partial charge in [0.2, 0.25) is 0 Å². The van der Waals surface area contributed by atoms with Gasteiger partial charge in [-0.15, -0.1) is 0 Å². The van der Waals surface area contributed by atoms with E-state index in [0.29, 0.717) is 0 Å². The number of alkyl halides is 2. The number of rotatable bonds is 2. The lowest BCUT2D eigenvalue weighted by molar-refractivity contribution is 0.116. The number of hydrogen-bond donors (Lipinski definition) is 1. The van der Waals surface area contributed by atoms with Crippen molar-refractivity contribution in [1.29, 1.82) is 0 Å². The second-order valence-electron chi connectivity index (χ2n) is 2.56. The van der Waals surface area contributed by atoms with Crippen LogP contribution in [0.1, 0.15) is 11.6 Å². The molecule has 0 bridgehead atoms. The molecule has 0 saturated carbocycles. The molecule has 13 heavy (non-hydrogen) atoms. The predicted octanol–water partition coefficient (Wildman–Crippen LogP) is 2.74. The molecule has 0 aliphatic carbocycles. The molecule has 0 spiro atoms. The lowest BCUT2D eigenvalue weighted by atomic mass is 10.1. The third-order valence-electron chi connectivity index (χ3n) is 1.54. The van der Waals surface area contributed by atoms with Crippen molar-refractivity contribution in [3.63, 3.8) is 0 Å². The molecular formula is C8H7ClF3N. The quantitative estimate of drug-likeness (QED) is 0.796. The van der Waals surface area contributed by atoms with Gasteiger partial charge >= 0.3 is 0 Å². The molecule has 5 heteroatoms. The molecular weight excluding hydrogens is 203 g/mol. The molecule has 0 saturated heterocycles. The number of benzene rings is 1. The molecule has 0 radical (unpaired) electrons. The lowest BCUT2D eigenvalue weighted by Crippen LogP contribution is -2.18. The van der Waals surface area contributed by atoms with Crippen molar-refractivity contribution in [3.8, 4) is 0 Å². The van der Waals surface area contributed by atoms with Gasteiger partial charge in [0.15, 0.2) is 0 Å². The Kier molecular flexibility index (Phi) is 3.17. The van der Waals surface area contributed by atoms with E-state index in [1.165, 1.54) is 6.07 Å². The summed E-state index contributed by atoms with van der Waals surface area (Å²) >= 11 is 5.46. The highest BCUT2D eigenvalue weighted by Gasteiger charge is 2.18. The molecule has 1 aromatic rings. The molecule has 2 N–H and O–H groups in total. The first-order chi connectivity index (χ1) is 6.00. The van der Waals surface area contributed by atoms with Crippen molar-refractivity contribution in [2.75, 3.05) is 0 Å². The normalized spacial score (nSPS) is 13.4. The van der Waals surface area contributed by atoms with Crippen LogP contribution >= 0.6 is 11.6 Å². The number of hydrogen-bond acceptors (Lipinski definition) is 1. The average Bonchev–Trinajstić information content (AvgIpc) is 2.01. The van der Waals surface area contributed by atoms with E-state index in [4.69, 9.17) is 17.3 Å². The van der Waals surface area contributed by atoms with E-state index in [2.05, 4.69) is 0 Å². The van der Waals surface area contributed by atoms with Gasteiger partial charge < -0.3 is 5.73 Å². The molecule has 72 valence electrons. The maximum absolute atomic E-state index is 12.7. The molecule has 0 fully saturated rings. The summed E-state index contributed by atoms with van der Waals surface area (Å²) in [6, 6.07) is 1.71. The van der Waals surface area contributed by atoms with Gasteiger partial charge in [0.25, 0.3) is 6.43 Å². The van der Waals surface area contributed by atoms with Gasteiger partial charge in [-0.1, -0.05) is 11.6 Å². The van der Waals surface area contributed by atoms with Crippen molar-refractivity contribution in [1.82, 2.24) is 0 Å². The van der Waals surface area contributed by atoms with Crippen LogP contribution in [0.4, 0.5) is 13.2 Å². The minimum absolute atomic E-state index is 0.000000000000000222. The Morgan fingerprint density at radius 2 is 1.85 bits per heavy atom. The first kappa shape index (κ1) is 10.3. The largest absolute Gasteiger partial charge is 0.319 e. The lowest BCUT2D eigenvalue weighted by Gasteiger charge is -2.10. The van der Waals surface area contributed by atoms with Crippen LogP contribution < -0.4 is 5.73 Å². The molecule has 1 rings (SSSR count). The highest BCUT2D eigenvalue weighted by Crippen LogP contribution is 2.22. The SMILES string of the molecule is NC(c1cc(F)cc(Cl)c1)C(F)F. The first-order valence-electron chi connectivity index (χ1n) is 3.50. The standard InChI is InChI=1S/C8H7ClF3N/c9-5-1-4(2-6(10)3-5)7(13)8(11)12/h1-3,7-8H,13H2. The fourth-order valence-corrected chi connectivity index (χ4v) is 1.14. The molecule has 0 aliphatic rings. The Morgan fingerprint density at radius 1 is 1.23 bits per heavy atom. The van der Waals surface area contributed by atoms with Gasteiger partial charge in [0.1, 0.15) is 5.82 Å². The van der Waals surface area contributed by atoms with Crippen LogP contribution in [0.5, 0.6) is 0 Å². The van der Waals surface area contributed by atoms with E-state index in [9.17, 15) is 13.2 Å². The Hall–Kier alpha value is -0.740. The van der Waals surface area contributed by atoms with Gasteiger partial charge in [-0.25, -0.2) is 13.2 Å². The third kappa shape index (κ3) is 2.60. The summed E-state index contributed by atoms with van der Waals surface area (Å²) in [5.74, 6) is -0.668. The van der Waals surface area contributed by atoms with Crippen LogP contribution in [-0.2, 0) is 0 Å². The molecule has 0 amide bonds. The van der Waals surface area contributed by atoms with Gasteiger partial charge in [0, 0.05) is 5.02 Å². The minimum atomic E-state index is -2.72. The summed E-state index contributed by atoms with van der Waals surface area (Å²) in [5.41, 5.74) is 5.10. The molecule has 1 nitrogen and oxygen atoms in total. The van der Waals surface area contributed by atoms with E-state index in [1.807, 2.05) is 0 Å². The Labute approximate surface area is 78.3 Å². The van der Waals surface area contributed by atoms with Gasteiger partial charge in [-0.3, -0.25) is 0 Å². The second-order valence-corrected chi connectivity index (χ2v) is 3.00. The zero-order chi connectivity index (χ0) is 10.0. The Morgan fingerprint density at radius 3 is 2.31 bits per heavy atom. The van der Waals surface area contributed by atoms with Crippen LogP contribution in [0.2, 0.25) is 5.02 Å². The zero-order valence-corrected chi connectivity index (χ0v) is 7.23. The maximum atomic E-state index is 12.7. The van der Waals surface area contributed by atoms with Crippen LogP contribution in [0.25, 0.3) is 0 Å². The number of halogens is 4. The molecule has 1 unspecified atom stereocenters. The van der Waals surface area contributed by atoms with E-state index >= 15 is 0 Å². The van der Waals surface area contributed by atoms with E-state index in [0.717, 1.165) is 12.1 Å². The second kappa shape index (κ2) is 3.98. The van der Waals surface area contributed by atoms with Crippen LogP contribution in [-0.4, -0.2) is 6.43 Å². The molecule has 0 heterocycles. The van der Waals surface area contributed by atoms with Crippen molar-refractivity contribution in [2.45, 2.75) is 12.5 Å².